The first-order chi connectivity index (χ1) is 9.71. The molecular weight excluding hydrogens is 258 g/mol. The van der Waals surface area contributed by atoms with Gasteiger partial charge in [-0.25, -0.2) is 0 Å². The molecule has 1 atom stereocenters. The van der Waals surface area contributed by atoms with E-state index in [9.17, 15) is 5.11 Å². The van der Waals surface area contributed by atoms with E-state index in [4.69, 9.17) is 14.2 Å². The van der Waals surface area contributed by atoms with Crippen LogP contribution in [0.15, 0.2) is 18.2 Å². The van der Waals surface area contributed by atoms with Crippen molar-refractivity contribution >= 4 is 0 Å². The second-order valence-corrected chi connectivity index (χ2v) is 4.50. The van der Waals surface area contributed by atoms with Crippen molar-refractivity contribution in [3.05, 3.63) is 23.8 Å². The van der Waals surface area contributed by atoms with Crippen LogP contribution in [0.4, 0.5) is 0 Å². The Labute approximate surface area is 120 Å². The molecule has 5 heteroatoms. The predicted octanol–water partition coefficient (Wildman–Crippen LogP) is 1.23. The molecule has 114 valence electrons. The van der Waals surface area contributed by atoms with E-state index >= 15 is 0 Å². The van der Waals surface area contributed by atoms with Crippen molar-refractivity contribution < 1.29 is 19.3 Å². The quantitative estimate of drug-likeness (QED) is 0.633. The molecule has 0 radical (unpaired) electrons. The van der Waals surface area contributed by atoms with Crippen molar-refractivity contribution in [1.29, 1.82) is 0 Å². The fourth-order valence-corrected chi connectivity index (χ4v) is 1.74. The van der Waals surface area contributed by atoms with E-state index in [0.29, 0.717) is 31.2 Å². The molecule has 1 aromatic carbocycles. The lowest BCUT2D eigenvalue weighted by atomic mass is 10.1. The van der Waals surface area contributed by atoms with Gasteiger partial charge in [0.05, 0.1) is 13.7 Å². The summed E-state index contributed by atoms with van der Waals surface area (Å²) < 4.78 is 15.8. The molecule has 0 amide bonds. The minimum Gasteiger partial charge on any atom is -0.493 e. The highest BCUT2D eigenvalue weighted by atomic mass is 16.5. The first-order valence-corrected chi connectivity index (χ1v) is 6.88. The molecule has 1 aromatic rings. The molecule has 1 rings (SSSR count). The van der Waals surface area contributed by atoms with Crippen LogP contribution in [0.3, 0.4) is 0 Å². The van der Waals surface area contributed by atoms with Gasteiger partial charge in [0, 0.05) is 20.2 Å². The van der Waals surface area contributed by atoms with E-state index in [1.165, 1.54) is 5.56 Å². The second kappa shape index (κ2) is 9.58. The third kappa shape index (κ3) is 5.77. The molecule has 0 fully saturated rings. The largest absolute Gasteiger partial charge is 0.493 e. The van der Waals surface area contributed by atoms with Crippen LogP contribution in [-0.4, -0.2) is 51.7 Å². The van der Waals surface area contributed by atoms with Gasteiger partial charge in [0.25, 0.3) is 0 Å². The number of ether oxygens (including phenoxy) is 3. The van der Waals surface area contributed by atoms with Crippen molar-refractivity contribution in [3.8, 4) is 11.5 Å². The minimum absolute atomic E-state index is 0.224. The number of hydrogen-bond donors (Lipinski definition) is 2. The molecule has 20 heavy (non-hydrogen) atoms. The predicted molar refractivity (Wildman–Crippen MR) is 78.6 cm³/mol. The zero-order valence-corrected chi connectivity index (χ0v) is 12.5. The summed E-state index contributed by atoms with van der Waals surface area (Å²) in [5, 5.41) is 12.9. The number of nitrogens with one attached hydrogen (secondary N) is 1. The summed E-state index contributed by atoms with van der Waals surface area (Å²) in [4.78, 5) is 0. The summed E-state index contributed by atoms with van der Waals surface area (Å²) in [6, 6.07) is 5.84. The molecule has 1 unspecified atom stereocenters. The van der Waals surface area contributed by atoms with Crippen molar-refractivity contribution in [3.63, 3.8) is 0 Å². The van der Waals surface area contributed by atoms with Gasteiger partial charge in [0.15, 0.2) is 11.5 Å². The first-order valence-electron chi connectivity index (χ1n) is 6.88. The minimum atomic E-state index is -0.567. The van der Waals surface area contributed by atoms with E-state index in [1.807, 2.05) is 18.2 Å². The van der Waals surface area contributed by atoms with E-state index < -0.39 is 6.10 Å². The maximum absolute atomic E-state index is 9.81. The Hall–Kier alpha value is -1.30. The number of aliphatic hydroxyl groups excluding tert-OH is 1. The van der Waals surface area contributed by atoms with E-state index in [1.54, 1.807) is 14.2 Å². The van der Waals surface area contributed by atoms with Crippen LogP contribution in [0, 0.1) is 0 Å². The van der Waals surface area contributed by atoms with Crippen LogP contribution in [0.2, 0.25) is 0 Å². The highest BCUT2D eigenvalue weighted by Gasteiger charge is 2.09. The van der Waals surface area contributed by atoms with Gasteiger partial charge in [-0.3, -0.25) is 0 Å². The third-order valence-corrected chi connectivity index (χ3v) is 2.93. The van der Waals surface area contributed by atoms with Crippen molar-refractivity contribution in [1.82, 2.24) is 5.32 Å². The smallest absolute Gasteiger partial charge is 0.161 e. The van der Waals surface area contributed by atoms with E-state index in [-0.39, 0.29) is 6.61 Å². The lowest BCUT2D eigenvalue weighted by molar-refractivity contribution is 0.102. The number of rotatable bonds is 10. The lowest BCUT2D eigenvalue weighted by Gasteiger charge is -2.15. The average molecular weight is 283 g/mol. The maximum Gasteiger partial charge on any atom is 0.161 e. The standard InChI is InChI=1S/C15H25NO4/c1-4-12-5-6-14(15(9-12)19-3)20-11-13(17)10-16-7-8-18-2/h5-6,9,13,16-17H,4,7-8,10-11H2,1-3H3. The molecule has 0 spiro atoms. The van der Waals surface area contributed by atoms with Crippen molar-refractivity contribution in [2.24, 2.45) is 0 Å². The number of aryl methyl sites for hydroxylation is 1. The van der Waals surface area contributed by atoms with Gasteiger partial charge < -0.3 is 24.6 Å². The van der Waals surface area contributed by atoms with Gasteiger partial charge in [-0.15, -0.1) is 0 Å². The molecule has 0 bridgehead atoms. The summed E-state index contributed by atoms with van der Waals surface area (Å²) in [5.41, 5.74) is 1.19. The summed E-state index contributed by atoms with van der Waals surface area (Å²) >= 11 is 0. The SMILES string of the molecule is CCc1ccc(OCC(O)CNCCOC)c(OC)c1. The molecule has 0 saturated heterocycles. The summed E-state index contributed by atoms with van der Waals surface area (Å²) in [5.74, 6) is 1.35. The Morgan fingerprint density at radius 3 is 2.70 bits per heavy atom. The number of hydrogen-bond acceptors (Lipinski definition) is 5. The highest BCUT2D eigenvalue weighted by Crippen LogP contribution is 2.28. The molecule has 0 heterocycles. The molecule has 2 N–H and O–H groups in total. The van der Waals surface area contributed by atoms with Crippen molar-refractivity contribution in [2.75, 3.05) is 40.5 Å². The Morgan fingerprint density at radius 1 is 1.25 bits per heavy atom. The molecular formula is C15H25NO4. The summed E-state index contributed by atoms with van der Waals surface area (Å²) in [6.45, 7) is 4.12. The number of methoxy groups -OCH3 is 2. The monoisotopic (exact) mass is 283 g/mol. The van der Waals surface area contributed by atoms with Crippen LogP contribution >= 0.6 is 0 Å². The second-order valence-electron chi connectivity index (χ2n) is 4.50. The molecule has 0 aliphatic rings. The van der Waals surface area contributed by atoms with Gasteiger partial charge in [-0.2, -0.15) is 0 Å². The van der Waals surface area contributed by atoms with Crippen LogP contribution in [0.25, 0.3) is 0 Å². The normalized spacial score (nSPS) is 12.2. The van der Waals surface area contributed by atoms with E-state index in [0.717, 1.165) is 6.42 Å². The fraction of sp³-hybridized carbons (Fsp3) is 0.600. The Morgan fingerprint density at radius 2 is 2.05 bits per heavy atom. The summed E-state index contributed by atoms with van der Waals surface area (Å²) in [7, 11) is 3.26. The van der Waals surface area contributed by atoms with Crippen LogP contribution in [0.5, 0.6) is 11.5 Å². The van der Waals surface area contributed by atoms with Gasteiger partial charge in [-0.05, 0) is 24.1 Å². The van der Waals surface area contributed by atoms with Gasteiger partial charge >= 0.3 is 0 Å². The Kier molecular flexibility index (Phi) is 8.02. The van der Waals surface area contributed by atoms with Crippen LogP contribution < -0.4 is 14.8 Å². The topological polar surface area (TPSA) is 60.0 Å². The molecule has 0 aromatic heterocycles. The van der Waals surface area contributed by atoms with Crippen LogP contribution in [0.1, 0.15) is 12.5 Å². The third-order valence-electron chi connectivity index (χ3n) is 2.93. The molecule has 0 saturated carbocycles. The number of benzene rings is 1. The average Bonchev–Trinajstić information content (AvgIpc) is 2.49. The Bertz CT molecular complexity index is 384. The van der Waals surface area contributed by atoms with Crippen LogP contribution in [-0.2, 0) is 11.2 Å². The fourth-order valence-electron chi connectivity index (χ4n) is 1.74. The zero-order valence-electron chi connectivity index (χ0n) is 12.5. The molecule has 0 aliphatic heterocycles. The van der Waals surface area contributed by atoms with Crippen molar-refractivity contribution in [2.45, 2.75) is 19.4 Å². The van der Waals surface area contributed by atoms with Gasteiger partial charge in [0.1, 0.15) is 12.7 Å². The number of aliphatic hydroxyl groups is 1. The van der Waals surface area contributed by atoms with Gasteiger partial charge in [-0.1, -0.05) is 13.0 Å². The van der Waals surface area contributed by atoms with Gasteiger partial charge in [0.2, 0.25) is 0 Å². The maximum atomic E-state index is 9.81. The Balaban J connectivity index is 2.40. The summed E-state index contributed by atoms with van der Waals surface area (Å²) in [6.07, 6.45) is 0.380. The highest BCUT2D eigenvalue weighted by molar-refractivity contribution is 5.42. The van der Waals surface area contributed by atoms with E-state index in [2.05, 4.69) is 12.2 Å². The lowest BCUT2D eigenvalue weighted by Crippen LogP contribution is -2.33. The first kappa shape index (κ1) is 16.8. The zero-order chi connectivity index (χ0) is 14.8. The molecule has 0 aliphatic carbocycles. The molecule has 5 nitrogen and oxygen atoms in total.